The molecule has 0 radical (unpaired) electrons. The average molecular weight is 241 g/mol. The fourth-order valence-corrected chi connectivity index (χ4v) is 2.50. The van der Waals surface area contributed by atoms with E-state index in [0.717, 1.165) is 5.92 Å². The zero-order valence-electron chi connectivity index (χ0n) is 10.6. The third kappa shape index (κ3) is 3.40. The van der Waals surface area contributed by atoms with Gasteiger partial charge in [0, 0.05) is 19.1 Å². The summed E-state index contributed by atoms with van der Waals surface area (Å²) in [6.45, 7) is 1.24. The van der Waals surface area contributed by atoms with Crippen molar-refractivity contribution < 1.29 is 9.90 Å². The molecular weight excluding hydrogens is 218 g/mol. The van der Waals surface area contributed by atoms with Crippen LogP contribution in [0.2, 0.25) is 0 Å². The minimum Gasteiger partial charge on any atom is -0.392 e. The van der Waals surface area contributed by atoms with E-state index in [-0.39, 0.29) is 18.1 Å². The predicted molar refractivity (Wildman–Crippen MR) is 65.6 cm³/mol. The lowest BCUT2D eigenvalue weighted by molar-refractivity contribution is -0.123. The summed E-state index contributed by atoms with van der Waals surface area (Å²) < 4.78 is 0. The standard InChI is InChI=1S/C12H23N3O2/c1-15(2)11(8-3-4-8)7-14-12(17)10-5-9(16)6-13-10/h8-11,13,16H,3-7H2,1-2H3,(H,14,17)/t9-,10-,11+/m0/s1. The van der Waals surface area contributed by atoms with Crippen LogP contribution < -0.4 is 10.6 Å². The molecule has 0 aromatic heterocycles. The highest BCUT2D eigenvalue weighted by Crippen LogP contribution is 2.34. The Hall–Kier alpha value is -0.650. The van der Waals surface area contributed by atoms with E-state index in [9.17, 15) is 9.90 Å². The summed E-state index contributed by atoms with van der Waals surface area (Å²) in [5.74, 6) is 0.765. The second-order valence-electron chi connectivity index (χ2n) is 5.46. The van der Waals surface area contributed by atoms with E-state index in [0.29, 0.717) is 25.6 Å². The molecule has 5 heteroatoms. The van der Waals surface area contributed by atoms with Crippen molar-refractivity contribution in [2.75, 3.05) is 27.2 Å². The van der Waals surface area contributed by atoms with Crippen LogP contribution in [0, 0.1) is 5.92 Å². The monoisotopic (exact) mass is 241 g/mol. The van der Waals surface area contributed by atoms with Gasteiger partial charge in [-0.15, -0.1) is 0 Å². The van der Waals surface area contributed by atoms with E-state index < -0.39 is 0 Å². The first-order valence-electron chi connectivity index (χ1n) is 6.43. The smallest absolute Gasteiger partial charge is 0.237 e. The van der Waals surface area contributed by atoms with E-state index >= 15 is 0 Å². The quantitative estimate of drug-likeness (QED) is 0.587. The van der Waals surface area contributed by atoms with Gasteiger partial charge in [-0.25, -0.2) is 0 Å². The SMILES string of the molecule is CN(C)[C@H](CNC(=O)[C@@H]1C[C@H](O)CN1)C1CC1. The maximum absolute atomic E-state index is 11.9. The zero-order valence-corrected chi connectivity index (χ0v) is 10.6. The highest BCUT2D eigenvalue weighted by Gasteiger charge is 2.34. The number of rotatable bonds is 5. The maximum atomic E-state index is 11.9. The van der Waals surface area contributed by atoms with Crippen LogP contribution in [0.25, 0.3) is 0 Å². The number of hydrogen-bond donors (Lipinski definition) is 3. The minimum atomic E-state index is -0.376. The van der Waals surface area contributed by atoms with Crippen molar-refractivity contribution in [3.63, 3.8) is 0 Å². The van der Waals surface area contributed by atoms with Crippen LogP contribution in [0.15, 0.2) is 0 Å². The first-order valence-corrected chi connectivity index (χ1v) is 6.43. The Morgan fingerprint density at radius 3 is 2.71 bits per heavy atom. The molecule has 3 atom stereocenters. The number of aliphatic hydroxyl groups excluding tert-OH is 1. The molecule has 3 N–H and O–H groups in total. The third-order valence-corrected chi connectivity index (χ3v) is 3.74. The van der Waals surface area contributed by atoms with Gasteiger partial charge in [-0.1, -0.05) is 0 Å². The van der Waals surface area contributed by atoms with Gasteiger partial charge < -0.3 is 20.6 Å². The molecule has 1 heterocycles. The van der Waals surface area contributed by atoms with Gasteiger partial charge in [0.25, 0.3) is 0 Å². The highest BCUT2D eigenvalue weighted by molar-refractivity contribution is 5.82. The maximum Gasteiger partial charge on any atom is 0.237 e. The molecule has 1 amide bonds. The average Bonchev–Trinajstić information content (AvgIpc) is 3.00. The molecule has 0 aromatic rings. The summed E-state index contributed by atoms with van der Waals surface area (Å²) in [4.78, 5) is 14.0. The first kappa shape index (κ1) is 12.8. The van der Waals surface area contributed by atoms with Gasteiger partial charge in [-0.05, 0) is 39.3 Å². The van der Waals surface area contributed by atoms with E-state index in [4.69, 9.17) is 0 Å². The van der Waals surface area contributed by atoms with Gasteiger partial charge in [0.05, 0.1) is 12.1 Å². The summed E-state index contributed by atoms with van der Waals surface area (Å²) in [5, 5.41) is 15.4. The van der Waals surface area contributed by atoms with Crippen molar-refractivity contribution in [1.82, 2.24) is 15.5 Å². The predicted octanol–water partition coefficient (Wildman–Crippen LogP) is -0.834. The van der Waals surface area contributed by atoms with Gasteiger partial charge in [0.2, 0.25) is 5.91 Å². The third-order valence-electron chi connectivity index (χ3n) is 3.74. The number of β-amino-alcohol motifs (C(OH)–C–C–N with tert-alkyl or cyclic N) is 1. The number of nitrogens with zero attached hydrogens (tertiary/aromatic N) is 1. The molecule has 1 saturated heterocycles. The summed E-state index contributed by atoms with van der Waals surface area (Å²) in [6, 6.07) is 0.234. The molecule has 5 nitrogen and oxygen atoms in total. The molecule has 2 rings (SSSR count). The van der Waals surface area contributed by atoms with Crippen LogP contribution in [0.1, 0.15) is 19.3 Å². The summed E-state index contributed by atoms with van der Waals surface area (Å²) in [6.07, 6.45) is 2.71. The van der Waals surface area contributed by atoms with Crippen LogP contribution in [0.4, 0.5) is 0 Å². The number of carbonyl (C=O) groups is 1. The number of carbonyl (C=O) groups excluding carboxylic acids is 1. The van der Waals surface area contributed by atoms with Crippen LogP contribution in [-0.4, -0.2) is 61.3 Å². The number of nitrogens with one attached hydrogen (secondary N) is 2. The van der Waals surface area contributed by atoms with Crippen LogP contribution >= 0.6 is 0 Å². The molecule has 17 heavy (non-hydrogen) atoms. The lowest BCUT2D eigenvalue weighted by Gasteiger charge is -2.25. The van der Waals surface area contributed by atoms with Gasteiger partial charge >= 0.3 is 0 Å². The topological polar surface area (TPSA) is 64.6 Å². The normalized spacial score (nSPS) is 30.6. The van der Waals surface area contributed by atoms with E-state index in [2.05, 4.69) is 29.6 Å². The minimum absolute atomic E-state index is 0.0223. The van der Waals surface area contributed by atoms with Crippen molar-refractivity contribution in [2.24, 2.45) is 5.92 Å². The first-order chi connectivity index (χ1) is 8.08. The van der Waals surface area contributed by atoms with Gasteiger partial charge in [-0.3, -0.25) is 4.79 Å². The van der Waals surface area contributed by atoms with Gasteiger partial charge in [0.15, 0.2) is 0 Å². The lowest BCUT2D eigenvalue weighted by atomic mass is 10.1. The second-order valence-corrected chi connectivity index (χ2v) is 5.46. The number of aliphatic hydroxyl groups is 1. The fraction of sp³-hybridized carbons (Fsp3) is 0.917. The molecule has 0 bridgehead atoms. The molecular formula is C12H23N3O2. The van der Waals surface area contributed by atoms with Crippen molar-refractivity contribution >= 4 is 5.91 Å². The zero-order chi connectivity index (χ0) is 12.4. The van der Waals surface area contributed by atoms with E-state index in [1.807, 2.05) is 0 Å². The molecule has 2 aliphatic rings. The van der Waals surface area contributed by atoms with E-state index in [1.165, 1.54) is 12.8 Å². The van der Waals surface area contributed by atoms with Crippen molar-refractivity contribution in [3.8, 4) is 0 Å². The lowest BCUT2D eigenvalue weighted by Crippen LogP contribution is -2.47. The molecule has 98 valence electrons. The second kappa shape index (κ2) is 5.33. The summed E-state index contributed by atoms with van der Waals surface area (Å²) in [7, 11) is 4.12. The Balaban J connectivity index is 1.74. The molecule has 1 aliphatic carbocycles. The number of likely N-dealkylation sites (N-methyl/N-ethyl adjacent to an activating group) is 1. The highest BCUT2D eigenvalue weighted by atomic mass is 16.3. The summed E-state index contributed by atoms with van der Waals surface area (Å²) >= 11 is 0. The number of hydrogen-bond acceptors (Lipinski definition) is 4. The van der Waals surface area contributed by atoms with Crippen molar-refractivity contribution in [3.05, 3.63) is 0 Å². The van der Waals surface area contributed by atoms with Gasteiger partial charge in [-0.2, -0.15) is 0 Å². The molecule has 1 aliphatic heterocycles. The molecule has 2 fully saturated rings. The van der Waals surface area contributed by atoms with Crippen LogP contribution in [-0.2, 0) is 4.79 Å². The largest absolute Gasteiger partial charge is 0.392 e. The van der Waals surface area contributed by atoms with Crippen LogP contribution in [0.5, 0.6) is 0 Å². The molecule has 0 unspecified atom stereocenters. The molecule has 1 saturated carbocycles. The fourth-order valence-electron chi connectivity index (χ4n) is 2.50. The van der Waals surface area contributed by atoms with Crippen molar-refractivity contribution in [1.29, 1.82) is 0 Å². The Bertz CT molecular complexity index is 277. The Morgan fingerprint density at radius 2 is 2.24 bits per heavy atom. The van der Waals surface area contributed by atoms with E-state index in [1.54, 1.807) is 0 Å². The van der Waals surface area contributed by atoms with Gasteiger partial charge in [0.1, 0.15) is 0 Å². The van der Waals surface area contributed by atoms with Crippen LogP contribution in [0.3, 0.4) is 0 Å². The Morgan fingerprint density at radius 1 is 1.53 bits per heavy atom. The van der Waals surface area contributed by atoms with Crippen molar-refractivity contribution in [2.45, 2.75) is 37.5 Å². The Kier molecular flexibility index (Phi) is 4.01. The summed E-state index contributed by atoms with van der Waals surface area (Å²) in [5.41, 5.74) is 0. The molecule has 0 spiro atoms. The molecule has 0 aromatic carbocycles. The number of amides is 1. The Labute approximate surface area is 103 Å².